The molecule has 0 aliphatic carbocycles. The molecule has 2 aromatic carbocycles. The summed E-state index contributed by atoms with van der Waals surface area (Å²) in [5.41, 5.74) is 11.6. The van der Waals surface area contributed by atoms with E-state index in [1.165, 1.54) is 0 Å². The third-order valence-corrected chi connectivity index (χ3v) is 5.79. The van der Waals surface area contributed by atoms with Gasteiger partial charge >= 0.3 is 17.6 Å². The summed E-state index contributed by atoms with van der Waals surface area (Å²) in [4.78, 5) is 42.0. The number of hydrogen-bond acceptors (Lipinski definition) is 4. The number of carbonyl (C=O) groups excluding carboxylic acids is 3. The van der Waals surface area contributed by atoms with Gasteiger partial charge in [0.15, 0.2) is 0 Å². The second-order valence-corrected chi connectivity index (χ2v) is 8.24. The average molecular weight is 487 g/mol. The van der Waals surface area contributed by atoms with Gasteiger partial charge in [-0.15, -0.1) is 6.58 Å². The fraction of sp³-hybridized carbons (Fsp3) is 0.286. The highest BCUT2D eigenvalue weighted by atomic mass is 16.5. The third kappa shape index (κ3) is 6.43. The summed E-state index contributed by atoms with van der Waals surface area (Å²) in [6.07, 6.45) is 5.29. The molecule has 0 aliphatic rings. The minimum atomic E-state index is -1.08. The Morgan fingerprint density at radius 1 is 1.11 bits per heavy atom. The molecule has 0 atom stereocenters. The number of allylic oxidation sites excluding steroid dienone is 1. The highest BCUT2D eigenvalue weighted by Gasteiger charge is 2.38. The summed E-state index contributed by atoms with van der Waals surface area (Å²) in [5, 5.41) is 1.02. The predicted octanol–water partition coefficient (Wildman–Crippen LogP) is 4.18. The van der Waals surface area contributed by atoms with E-state index in [4.69, 9.17) is 4.74 Å². The normalized spacial score (nSPS) is 10.5. The monoisotopic (exact) mass is 486 g/mol. The number of unbranched alkanes of at least 4 members (excludes halogenated alkanes) is 1. The zero-order valence-corrected chi connectivity index (χ0v) is 20.4. The lowest BCUT2D eigenvalue weighted by Gasteiger charge is -2.18. The standard InChI is InChI=1S/C28H30N4O4/c1-3-5-7-16-25(33)32(27(34)26(30-29)28(35)36-4-2)18-17-22-20-31(19-21-12-8-6-9-13-21)24-15-11-10-14-23(22)24/h3,6,8-15,20H,1,4-5,7,16-19H2,2H3. The Labute approximate surface area is 210 Å². The van der Waals surface area contributed by atoms with Gasteiger partial charge in [-0.25, -0.2) is 4.79 Å². The van der Waals surface area contributed by atoms with Crippen LogP contribution < -0.4 is 0 Å². The predicted molar refractivity (Wildman–Crippen MR) is 137 cm³/mol. The topological polar surface area (TPSA) is 105 Å². The molecule has 0 N–H and O–H groups in total. The molecule has 0 saturated carbocycles. The second-order valence-electron chi connectivity index (χ2n) is 8.24. The Morgan fingerprint density at radius 2 is 1.83 bits per heavy atom. The van der Waals surface area contributed by atoms with E-state index in [9.17, 15) is 19.9 Å². The van der Waals surface area contributed by atoms with Crippen LogP contribution in [-0.4, -0.2) is 50.9 Å². The molecule has 1 aromatic heterocycles. The molecule has 3 rings (SSSR count). The Balaban J connectivity index is 1.88. The van der Waals surface area contributed by atoms with Crippen molar-refractivity contribution in [2.45, 2.75) is 39.2 Å². The van der Waals surface area contributed by atoms with Crippen molar-refractivity contribution in [2.75, 3.05) is 13.2 Å². The number of nitrogens with zero attached hydrogens (tertiary/aromatic N) is 4. The molecule has 186 valence electrons. The molecule has 0 aliphatic heterocycles. The largest absolute Gasteiger partial charge is 0.463 e. The molecule has 1 heterocycles. The molecule has 3 aromatic rings. The van der Waals surface area contributed by atoms with Crippen molar-refractivity contribution in [3.8, 4) is 0 Å². The molecular weight excluding hydrogens is 456 g/mol. The fourth-order valence-electron chi connectivity index (χ4n) is 4.04. The molecule has 0 saturated heterocycles. The van der Waals surface area contributed by atoms with E-state index in [2.05, 4.69) is 28.1 Å². The Bertz CT molecular complexity index is 1290. The number of para-hydroxylation sites is 1. The van der Waals surface area contributed by atoms with Crippen LogP contribution in [0.25, 0.3) is 16.4 Å². The van der Waals surface area contributed by atoms with Crippen molar-refractivity contribution in [1.82, 2.24) is 9.47 Å². The number of ether oxygens (including phenoxy) is 1. The number of esters is 1. The average Bonchev–Trinajstić information content (AvgIpc) is 3.23. The van der Waals surface area contributed by atoms with Gasteiger partial charge in [0.1, 0.15) is 0 Å². The van der Waals surface area contributed by atoms with Gasteiger partial charge < -0.3 is 14.8 Å². The molecule has 0 unspecified atom stereocenters. The Kier molecular flexibility index (Phi) is 9.48. The van der Waals surface area contributed by atoms with Crippen LogP contribution in [-0.2, 0) is 32.1 Å². The quantitative estimate of drug-likeness (QED) is 0.0728. The summed E-state index contributed by atoms with van der Waals surface area (Å²) in [6, 6.07) is 18.0. The van der Waals surface area contributed by atoms with E-state index in [1.807, 2.05) is 48.7 Å². The molecule has 8 heteroatoms. The minimum Gasteiger partial charge on any atom is -0.457 e. The molecule has 0 fully saturated rings. The zero-order valence-electron chi connectivity index (χ0n) is 20.4. The van der Waals surface area contributed by atoms with E-state index in [-0.39, 0.29) is 19.6 Å². The summed E-state index contributed by atoms with van der Waals surface area (Å²) < 4.78 is 6.96. The number of aromatic nitrogens is 1. The van der Waals surface area contributed by atoms with Gasteiger partial charge in [-0.3, -0.25) is 14.5 Å². The van der Waals surface area contributed by atoms with E-state index in [0.717, 1.165) is 26.9 Å². The van der Waals surface area contributed by atoms with E-state index < -0.39 is 23.5 Å². The summed E-state index contributed by atoms with van der Waals surface area (Å²) in [7, 11) is 0. The van der Waals surface area contributed by atoms with Crippen molar-refractivity contribution < 1.29 is 23.9 Å². The van der Waals surface area contributed by atoms with E-state index in [1.54, 1.807) is 13.0 Å². The van der Waals surface area contributed by atoms with Gasteiger partial charge in [-0.1, -0.05) is 54.6 Å². The van der Waals surface area contributed by atoms with Crippen LogP contribution in [0, 0.1) is 0 Å². The van der Waals surface area contributed by atoms with Crippen molar-refractivity contribution in [2.24, 2.45) is 0 Å². The van der Waals surface area contributed by atoms with Crippen molar-refractivity contribution in [3.05, 3.63) is 90.1 Å². The SMILES string of the molecule is C=CCCCC(=O)N(CCc1cn(Cc2ccccc2)c2ccccc12)C(=O)C(=[N+]=[N-])C(=O)OCC. The highest BCUT2D eigenvalue weighted by molar-refractivity contribution is 6.62. The summed E-state index contributed by atoms with van der Waals surface area (Å²) >= 11 is 0. The smallest absolute Gasteiger partial charge is 0.457 e. The molecule has 36 heavy (non-hydrogen) atoms. The van der Waals surface area contributed by atoms with Crippen LogP contribution in [0.5, 0.6) is 0 Å². The molecule has 2 amide bonds. The summed E-state index contributed by atoms with van der Waals surface area (Å²) in [5.74, 6) is -2.51. The lowest BCUT2D eigenvalue weighted by Crippen LogP contribution is -2.45. The zero-order chi connectivity index (χ0) is 25.9. The second kappa shape index (κ2) is 13.0. The Hall–Kier alpha value is -4.29. The van der Waals surface area contributed by atoms with Gasteiger partial charge in [0, 0.05) is 36.6 Å². The first kappa shape index (κ1) is 26.3. The van der Waals surface area contributed by atoms with Gasteiger partial charge in [0.25, 0.3) is 0 Å². The van der Waals surface area contributed by atoms with Crippen LogP contribution >= 0.6 is 0 Å². The van der Waals surface area contributed by atoms with Crippen molar-refractivity contribution in [1.29, 1.82) is 0 Å². The van der Waals surface area contributed by atoms with Gasteiger partial charge in [0.2, 0.25) is 5.91 Å². The fourth-order valence-corrected chi connectivity index (χ4v) is 4.04. The van der Waals surface area contributed by atoms with E-state index in [0.29, 0.717) is 25.8 Å². The maximum Gasteiger partial charge on any atom is 0.463 e. The van der Waals surface area contributed by atoms with Crippen LogP contribution in [0.3, 0.4) is 0 Å². The van der Waals surface area contributed by atoms with E-state index >= 15 is 0 Å². The molecule has 0 radical (unpaired) electrons. The molecular formula is C28H30N4O4. The van der Waals surface area contributed by atoms with Gasteiger partial charge in [-0.2, -0.15) is 4.79 Å². The first-order valence-corrected chi connectivity index (χ1v) is 12.0. The maximum absolute atomic E-state index is 13.1. The molecule has 0 spiro atoms. The van der Waals surface area contributed by atoms with Crippen LogP contribution in [0.15, 0.2) is 73.4 Å². The van der Waals surface area contributed by atoms with Crippen LogP contribution in [0.1, 0.15) is 37.3 Å². The first-order chi connectivity index (χ1) is 17.5. The number of rotatable bonds is 12. The highest BCUT2D eigenvalue weighted by Crippen LogP contribution is 2.23. The minimum absolute atomic E-state index is 0.000661. The number of benzene rings is 2. The Morgan fingerprint density at radius 3 is 2.53 bits per heavy atom. The van der Waals surface area contributed by atoms with Crippen LogP contribution in [0.4, 0.5) is 0 Å². The lowest BCUT2D eigenvalue weighted by atomic mass is 10.1. The van der Waals surface area contributed by atoms with Gasteiger partial charge in [-0.05, 0) is 43.4 Å². The third-order valence-electron chi connectivity index (χ3n) is 5.79. The lowest BCUT2D eigenvalue weighted by molar-refractivity contribution is -0.147. The number of carbonyl (C=O) groups is 3. The number of fused-ring (bicyclic) bond motifs is 1. The van der Waals surface area contributed by atoms with Crippen LogP contribution in [0.2, 0.25) is 0 Å². The first-order valence-electron chi connectivity index (χ1n) is 12.0. The molecule has 0 bridgehead atoms. The van der Waals surface area contributed by atoms with Crippen molar-refractivity contribution >= 4 is 34.4 Å². The molecule has 8 nitrogen and oxygen atoms in total. The maximum atomic E-state index is 13.1. The number of imide groups is 1. The number of hydrogen-bond donors (Lipinski definition) is 0. The summed E-state index contributed by atoms with van der Waals surface area (Å²) in [6.45, 7) is 5.91. The van der Waals surface area contributed by atoms with Crippen molar-refractivity contribution in [3.63, 3.8) is 0 Å². The van der Waals surface area contributed by atoms with Gasteiger partial charge in [0.05, 0.1) is 6.61 Å². The number of amides is 2.